The normalized spacial score (nSPS) is 17.1. The van der Waals surface area contributed by atoms with Crippen molar-refractivity contribution in [3.8, 4) is 0 Å². The Labute approximate surface area is 116 Å². The number of piperidine rings is 1. The van der Waals surface area contributed by atoms with E-state index in [2.05, 4.69) is 17.1 Å². The number of anilines is 1. The molecule has 0 unspecified atom stereocenters. The van der Waals surface area contributed by atoms with Crippen molar-refractivity contribution in [2.75, 3.05) is 25.4 Å². The van der Waals surface area contributed by atoms with Crippen LogP contribution in [0.25, 0.3) is 0 Å². The molecule has 6 heteroatoms. The lowest BCUT2D eigenvalue weighted by Gasteiger charge is -2.31. The number of amides is 1. The molecule has 0 aromatic heterocycles. The summed E-state index contributed by atoms with van der Waals surface area (Å²) in [7, 11) is 0. The number of carbonyl (C=O) groups excluding carboxylic acids is 1. The summed E-state index contributed by atoms with van der Waals surface area (Å²) >= 11 is 0. The second kappa shape index (κ2) is 6.17. The summed E-state index contributed by atoms with van der Waals surface area (Å²) in [5.74, 6) is -2.94. The van der Waals surface area contributed by atoms with E-state index in [4.69, 9.17) is 5.73 Å². The van der Waals surface area contributed by atoms with Gasteiger partial charge in [0.15, 0.2) is 11.6 Å². The molecule has 0 saturated carbocycles. The minimum Gasteiger partial charge on any atom is -0.396 e. The summed E-state index contributed by atoms with van der Waals surface area (Å²) in [5, 5.41) is 2.75. The van der Waals surface area contributed by atoms with Gasteiger partial charge in [0, 0.05) is 19.1 Å². The molecule has 110 valence electrons. The zero-order valence-corrected chi connectivity index (χ0v) is 11.5. The van der Waals surface area contributed by atoms with E-state index in [1.54, 1.807) is 0 Å². The SMILES string of the molecule is CCN1CCC(NC(=O)c2ccc(N)c(F)c2F)CC1. The quantitative estimate of drug-likeness (QED) is 0.831. The Morgan fingerprint density at radius 1 is 1.35 bits per heavy atom. The van der Waals surface area contributed by atoms with Crippen LogP contribution in [0.5, 0.6) is 0 Å². The first kappa shape index (κ1) is 14.7. The van der Waals surface area contributed by atoms with Crippen LogP contribution in [0.15, 0.2) is 12.1 Å². The zero-order chi connectivity index (χ0) is 14.7. The van der Waals surface area contributed by atoms with E-state index < -0.39 is 17.5 Å². The zero-order valence-electron chi connectivity index (χ0n) is 11.5. The van der Waals surface area contributed by atoms with Crippen LogP contribution in [0.2, 0.25) is 0 Å². The molecular weight excluding hydrogens is 264 g/mol. The fourth-order valence-electron chi connectivity index (χ4n) is 2.40. The lowest BCUT2D eigenvalue weighted by atomic mass is 10.0. The van der Waals surface area contributed by atoms with E-state index in [0.717, 1.165) is 32.5 Å². The minimum atomic E-state index is -1.19. The van der Waals surface area contributed by atoms with Crippen molar-refractivity contribution >= 4 is 11.6 Å². The van der Waals surface area contributed by atoms with Gasteiger partial charge in [0.1, 0.15) is 0 Å². The highest BCUT2D eigenvalue weighted by Gasteiger charge is 2.23. The van der Waals surface area contributed by atoms with Crippen molar-refractivity contribution in [1.82, 2.24) is 10.2 Å². The molecule has 1 aromatic rings. The number of nitrogens with zero attached hydrogens (tertiary/aromatic N) is 1. The molecule has 4 nitrogen and oxygen atoms in total. The molecule has 1 aliphatic rings. The average molecular weight is 283 g/mol. The third kappa shape index (κ3) is 3.07. The van der Waals surface area contributed by atoms with Gasteiger partial charge in [-0.1, -0.05) is 6.92 Å². The molecular formula is C14H19F2N3O. The van der Waals surface area contributed by atoms with E-state index >= 15 is 0 Å². The van der Waals surface area contributed by atoms with Crippen molar-refractivity contribution in [3.63, 3.8) is 0 Å². The maximum atomic E-state index is 13.7. The number of nitrogen functional groups attached to an aromatic ring is 1. The van der Waals surface area contributed by atoms with E-state index in [1.807, 2.05) is 0 Å². The molecule has 1 amide bonds. The van der Waals surface area contributed by atoms with Crippen LogP contribution in [0, 0.1) is 11.6 Å². The van der Waals surface area contributed by atoms with Crippen molar-refractivity contribution < 1.29 is 13.6 Å². The highest BCUT2D eigenvalue weighted by molar-refractivity contribution is 5.95. The first-order valence-electron chi connectivity index (χ1n) is 6.79. The fraction of sp³-hybridized carbons (Fsp3) is 0.500. The number of nitrogens with two attached hydrogens (primary N) is 1. The molecule has 0 spiro atoms. The molecule has 3 N–H and O–H groups in total. The molecule has 0 radical (unpaired) electrons. The summed E-state index contributed by atoms with van der Waals surface area (Å²) < 4.78 is 27.0. The lowest BCUT2D eigenvalue weighted by molar-refractivity contribution is 0.0907. The van der Waals surface area contributed by atoms with E-state index in [0.29, 0.717) is 0 Å². The topological polar surface area (TPSA) is 58.4 Å². The molecule has 0 atom stereocenters. The predicted molar refractivity (Wildman–Crippen MR) is 73.4 cm³/mol. The maximum Gasteiger partial charge on any atom is 0.254 e. The van der Waals surface area contributed by atoms with Crippen LogP contribution >= 0.6 is 0 Å². The van der Waals surface area contributed by atoms with Gasteiger partial charge in [-0.2, -0.15) is 0 Å². The molecule has 2 rings (SSSR count). The van der Waals surface area contributed by atoms with Crippen LogP contribution in [0.1, 0.15) is 30.1 Å². The molecule has 0 bridgehead atoms. The van der Waals surface area contributed by atoms with Gasteiger partial charge < -0.3 is 16.0 Å². The lowest BCUT2D eigenvalue weighted by Crippen LogP contribution is -2.44. The van der Waals surface area contributed by atoms with Crippen molar-refractivity contribution in [3.05, 3.63) is 29.3 Å². The molecule has 0 aliphatic carbocycles. The van der Waals surface area contributed by atoms with Crippen LogP contribution in [-0.4, -0.2) is 36.5 Å². The molecule has 1 heterocycles. The summed E-state index contributed by atoms with van der Waals surface area (Å²) in [6.07, 6.45) is 1.64. The number of hydrogen-bond donors (Lipinski definition) is 2. The highest BCUT2D eigenvalue weighted by Crippen LogP contribution is 2.18. The number of benzene rings is 1. The van der Waals surface area contributed by atoms with E-state index in [9.17, 15) is 13.6 Å². The van der Waals surface area contributed by atoms with Crippen LogP contribution in [0.4, 0.5) is 14.5 Å². The van der Waals surface area contributed by atoms with Gasteiger partial charge in [0.2, 0.25) is 0 Å². The van der Waals surface area contributed by atoms with Gasteiger partial charge in [-0.15, -0.1) is 0 Å². The van der Waals surface area contributed by atoms with Gasteiger partial charge in [-0.3, -0.25) is 4.79 Å². The first-order valence-corrected chi connectivity index (χ1v) is 6.79. The van der Waals surface area contributed by atoms with Gasteiger partial charge in [-0.25, -0.2) is 8.78 Å². The van der Waals surface area contributed by atoms with Gasteiger partial charge in [-0.05, 0) is 31.5 Å². The number of rotatable bonds is 3. The summed E-state index contributed by atoms with van der Waals surface area (Å²) in [6.45, 7) is 4.88. The van der Waals surface area contributed by atoms with Crippen molar-refractivity contribution in [1.29, 1.82) is 0 Å². The number of hydrogen-bond acceptors (Lipinski definition) is 3. The van der Waals surface area contributed by atoms with E-state index in [1.165, 1.54) is 12.1 Å². The molecule has 1 aromatic carbocycles. The van der Waals surface area contributed by atoms with Crippen LogP contribution in [0.3, 0.4) is 0 Å². The summed E-state index contributed by atoms with van der Waals surface area (Å²) in [5.41, 5.74) is 4.66. The third-order valence-electron chi connectivity index (χ3n) is 3.73. The number of likely N-dealkylation sites (tertiary alicyclic amines) is 1. The second-order valence-corrected chi connectivity index (χ2v) is 5.01. The van der Waals surface area contributed by atoms with Gasteiger partial charge in [0.25, 0.3) is 5.91 Å². The van der Waals surface area contributed by atoms with Gasteiger partial charge in [0.05, 0.1) is 11.3 Å². The fourth-order valence-corrected chi connectivity index (χ4v) is 2.40. The van der Waals surface area contributed by atoms with Crippen LogP contribution in [-0.2, 0) is 0 Å². The number of nitrogens with one attached hydrogen (secondary N) is 1. The Morgan fingerprint density at radius 2 is 2.00 bits per heavy atom. The summed E-state index contributed by atoms with van der Waals surface area (Å²) in [4.78, 5) is 14.3. The van der Waals surface area contributed by atoms with Crippen LogP contribution < -0.4 is 11.1 Å². The number of halogens is 2. The Hall–Kier alpha value is -1.69. The average Bonchev–Trinajstić information content (AvgIpc) is 2.45. The number of carbonyl (C=O) groups is 1. The predicted octanol–water partition coefficient (Wildman–Crippen LogP) is 1.76. The maximum absolute atomic E-state index is 13.7. The Morgan fingerprint density at radius 3 is 2.60 bits per heavy atom. The Balaban J connectivity index is 2.01. The standard InChI is InChI=1S/C14H19F2N3O/c1-2-19-7-5-9(6-8-19)18-14(20)10-3-4-11(17)13(16)12(10)15/h3-4,9H,2,5-8,17H2,1H3,(H,18,20). The van der Waals surface area contributed by atoms with E-state index in [-0.39, 0.29) is 17.3 Å². The molecule has 1 saturated heterocycles. The van der Waals surface area contributed by atoms with Crippen molar-refractivity contribution in [2.24, 2.45) is 0 Å². The highest BCUT2D eigenvalue weighted by atomic mass is 19.2. The molecule has 1 aliphatic heterocycles. The minimum absolute atomic E-state index is 0.00492. The monoisotopic (exact) mass is 283 g/mol. The largest absolute Gasteiger partial charge is 0.396 e. The second-order valence-electron chi connectivity index (χ2n) is 5.01. The summed E-state index contributed by atoms with van der Waals surface area (Å²) in [6, 6.07) is 2.42. The van der Waals surface area contributed by atoms with Gasteiger partial charge >= 0.3 is 0 Å². The van der Waals surface area contributed by atoms with Crippen molar-refractivity contribution in [2.45, 2.75) is 25.8 Å². The smallest absolute Gasteiger partial charge is 0.254 e. The first-order chi connectivity index (χ1) is 9.52. The Bertz CT molecular complexity index is 499. The third-order valence-corrected chi connectivity index (χ3v) is 3.73. The molecule has 20 heavy (non-hydrogen) atoms. The molecule has 1 fully saturated rings. The Kier molecular flexibility index (Phi) is 4.54.